The zero-order chi connectivity index (χ0) is 13.6. The third-order valence-corrected chi connectivity index (χ3v) is 4.42. The van der Waals surface area contributed by atoms with Gasteiger partial charge in [-0.05, 0) is 19.3 Å². The average Bonchev–Trinajstić information content (AvgIpc) is 3.01. The molecule has 0 radical (unpaired) electrons. The van der Waals surface area contributed by atoms with E-state index in [1.54, 1.807) is 18.1 Å². The summed E-state index contributed by atoms with van der Waals surface area (Å²) in [6.45, 7) is 0.492. The van der Waals surface area contributed by atoms with Gasteiger partial charge in [-0.25, -0.2) is 0 Å². The maximum atomic E-state index is 12.4. The maximum absolute atomic E-state index is 12.4. The Morgan fingerprint density at radius 2 is 2.26 bits per heavy atom. The van der Waals surface area contributed by atoms with E-state index in [1.165, 1.54) is 4.68 Å². The van der Waals surface area contributed by atoms with Gasteiger partial charge in [-0.3, -0.25) is 14.3 Å². The maximum Gasteiger partial charge on any atom is 0.311 e. The molecule has 1 amide bonds. The Balaban J connectivity index is 1.88. The van der Waals surface area contributed by atoms with Crippen LogP contribution in [0.2, 0.25) is 0 Å². The molecule has 1 aromatic heterocycles. The number of carbonyl (C=O) groups excluding carboxylic acids is 1. The summed E-state index contributed by atoms with van der Waals surface area (Å²) in [6.07, 6.45) is 4.40. The van der Waals surface area contributed by atoms with Crippen LogP contribution in [0, 0.1) is 5.41 Å². The van der Waals surface area contributed by atoms with Gasteiger partial charge >= 0.3 is 5.97 Å². The van der Waals surface area contributed by atoms with Crippen LogP contribution in [0.4, 0.5) is 0 Å². The van der Waals surface area contributed by atoms with E-state index in [0.29, 0.717) is 19.4 Å². The van der Waals surface area contributed by atoms with Gasteiger partial charge in [0.15, 0.2) is 5.69 Å². The van der Waals surface area contributed by atoms with Crippen LogP contribution in [-0.2, 0) is 11.8 Å². The minimum atomic E-state index is -0.774. The number of nitrogens with zero attached hydrogens (tertiary/aromatic N) is 4. The Bertz CT molecular complexity index is 541. The van der Waals surface area contributed by atoms with Crippen LogP contribution in [0.1, 0.15) is 36.2 Å². The topological polar surface area (TPSA) is 88.3 Å². The van der Waals surface area contributed by atoms with Crippen molar-refractivity contribution in [2.24, 2.45) is 12.5 Å². The molecule has 1 aliphatic carbocycles. The highest BCUT2D eigenvalue weighted by Crippen LogP contribution is 2.49. The largest absolute Gasteiger partial charge is 0.481 e. The first-order valence-electron chi connectivity index (χ1n) is 6.45. The first kappa shape index (κ1) is 12.1. The zero-order valence-electron chi connectivity index (χ0n) is 10.7. The molecule has 1 aromatic rings. The van der Waals surface area contributed by atoms with Crippen LogP contribution in [0.5, 0.6) is 0 Å². The first-order chi connectivity index (χ1) is 9.04. The van der Waals surface area contributed by atoms with Crippen molar-refractivity contribution in [3.63, 3.8) is 0 Å². The molecule has 2 heterocycles. The molecule has 0 aromatic carbocycles. The number of hydrogen-bond donors (Lipinski definition) is 1. The fraction of sp³-hybridized carbons (Fsp3) is 0.667. The van der Waals surface area contributed by atoms with Crippen LogP contribution in [0.3, 0.4) is 0 Å². The van der Waals surface area contributed by atoms with Gasteiger partial charge in [0.05, 0.1) is 11.6 Å². The molecule has 102 valence electrons. The third kappa shape index (κ3) is 1.64. The predicted octanol–water partition coefficient (Wildman–Crippen LogP) is 0.284. The molecular formula is C12H16N4O3. The van der Waals surface area contributed by atoms with Crippen molar-refractivity contribution in [2.75, 3.05) is 6.54 Å². The summed E-state index contributed by atoms with van der Waals surface area (Å²) >= 11 is 0. The van der Waals surface area contributed by atoms with Gasteiger partial charge in [0, 0.05) is 19.6 Å². The third-order valence-electron chi connectivity index (χ3n) is 4.42. The Labute approximate surface area is 110 Å². The normalized spacial score (nSPS) is 29.5. The van der Waals surface area contributed by atoms with Gasteiger partial charge in [0.2, 0.25) is 0 Å². The molecule has 3 rings (SSSR count). The minimum absolute atomic E-state index is 0.195. The lowest BCUT2D eigenvalue weighted by atomic mass is 9.82. The molecule has 0 bridgehead atoms. The van der Waals surface area contributed by atoms with Crippen molar-refractivity contribution in [3.05, 3.63) is 11.9 Å². The highest BCUT2D eigenvalue weighted by molar-refractivity contribution is 5.93. The summed E-state index contributed by atoms with van der Waals surface area (Å²) in [5, 5.41) is 17.0. The van der Waals surface area contributed by atoms with Crippen LogP contribution < -0.4 is 0 Å². The lowest BCUT2D eigenvalue weighted by Gasteiger charge is -2.28. The number of rotatable bonds is 2. The second-order valence-electron chi connectivity index (χ2n) is 5.40. The van der Waals surface area contributed by atoms with Crippen LogP contribution >= 0.6 is 0 Å². The second kappa shape index (κ2) is 4.04. The number of amides is 1. The predicted molar refractivity (Wildman–Crippen MR) is 64.4 cm³/mol. The Morgan fingerprint density at radius 3 is 2.89 bits per heavy atom. The number of carboxylic acid groups (broad SMARTS) is 1. The second-order valence-corrected chi connectivity index (χ2v) is 5.40. The number of aryl methyl sites for hydroxylation is 1. The quantitative estimate of drug-likeness (QED) is 0.829. The molecule has 7 heteroatoms. The van der Waals surface area contributed by atoms with Crippen molar-refractivity contribution in [1.82, 2.24) is 19.9 Å². The van der Waals surface area contributed by atoms with Gasteiger partial charge in [0.1, 0.15) is 0 Å². The molecule has 1 aliphatic heterocycles. The monoisotopic (exact) mass is 264 g/mol. The fourth-order valence-corrected chi connectivity index (χ4v) is 3.47. The smallest absolute Gasteiger partial charge is 0.311 e. The van der Waals surface area contributed by atoms with Crippen molar-refractivity contribution in [2.45, 2.75) is 31.7 Å². The van der Waals surface area contributed by atoms with Gasteiger partial charge in [0.25, 0.3) is 5.91 Å². The number of carbonyl (C=O) groups is 2. The molecule has 2 atom stereocenters. The highest BCUT2D eigenvalue weighted by Gasteiger charge is 2.56. The van der Waals surface area contributed by atoms with E-state index in [0.717, 1.165) is 12.8 Å². The van der Waals surface area contributed by atoms with Crippen molar-refractivity contribution >= 4 is 11.9 Å². The molecule has 19 heavy (non-hydrogen) atoms. The fourth-order valence-electron chi connectivity index (χ4n) is 3.47. The van der Waals surface area contributed by atoms with Crippen molar-refractivity contribution < 1.29 is 14.7 Å². The molecule has 0 spiro atoms. The van der Waals surface area contributed by atoms with Crippen LogP contribution in [0.15, 0.2) is 6.20 Å². The summed E-state index contributed by atoms with van der Waals surface area (Å²) in [7, 11) is 1.70. The summed E-state index contributed by atoms with van der Waals surface area (Å²) in [5.74, 6) is -0.979. The highest BCUT2D eigenvalue weighted by atomic mass is 16.4. The molecule has 7 nitrogen and oxygen atoms in total. The number of hydrogen-bond acceptors (Lipinski definition) is 4. The van der Waals surface area contributed by atoms with E-state index >= 15 is 0 Å². The Kier molecular flexibility index (Phi) is 2.58. The SMILES string of the molecule is Cn1cc(C(=O)N2CC[C@]3(C(=O)O)CCC[C@H]23)nn1. The molecule has 1 saturated heterocycles. The standard InChI is InChI=1S/C12H16N4O3/c1-15-7-8(13-14-15)10(17)16-6-5-12(11(18)19)4-2-3-9(12)16/h7,9H,2-6H2,1H3,(H,18,19)/t9-,12+/m0/s1. The Morgan fingerprint density at radius 1 is 1.47 bits per heavy atom. The number of likely N-dealkylation sites (tertiary alicyclic amines) is 1. The number of carboxylic acids is 1. The zero-order valence-corrected chi connectivity index (χ0v) is 10.7. The lowest BCUT2D eigenvalue weighted by Crippen LogP contribution is -2.43. The average molecular weight is 264 g/mol. The summed E-state index contributed by atoms with van der Waals surface area (Å²) < 4.78 is 1.47. The number of aromatic nitrogens is 3. The molecule has 1 N–H and O–H groups in total. The van der Waals surface area contributed by atoms with E-state index < -0.39 is 11.4 Å². The molecular weight excluding hydrogens is 248 g/mol. The van der Waals surface area contributed by atoms with Crippen LogP contribution in [-0.4, -0.2) is 49.5 Å². The van der Waals surface area contributed by atoms with Gasteiger partial charge < -0.3 is 10.0 Å². The lowest BCUT2D eigenvalue weighted by molar-refractivity contribution is -0.149. The van der Waals surface area contributed by atoms with Gasteiger partial charge in [-0.1, -0.05) is 11.6 Å². The minimum Gasteiger partial charge on any atom is -0.481 e. The van der Waals surface area contributed by atoms with Crippen molar-refractivity contribution in [1.29, 1.82) is 0 Å². The number of aliphatic carboxylic acids is 1. The molecule has 2 fully saturated rings. The van der Waals surface area contributed by atoms with E-state index in [4.69, 9.17) is 0 Å². The Hall–Kier alpha value is -1.92. The van der Waals surface area contributed by atoms with E-state index in [9.17, 15) is 14.7 Å². The summed E-state index contributed by atoms with van der Waals surface area (Å²) in [4.78, 5) is 25.6. The van der Waals surface area contributed by atoms with E-state index in [-0.39, 0.29) is 17.6 Å². The van der Waals surface area contributed by atoms with Crippen molar-refractivity contribution in [3.8, 4) is 0 Å². The molecule has 1 saturated carbocycles. The van der Waals surface area contributed by atoms with Gasteiger partial charge in [-0.2, -0.15) is 0 Å². The summed E-state index contributed by atoms with van der Waals surface area (Å²) in [5.41, 5.74) is -0.451. The van der Waals surface area contributed by atoms with Crippen LogP contribution in [0.25, 0.3) is 0 Å². The van der Waals surface area contributed by atoms with E-state index in [1.807, 2.05) is 0 Å². The summed E-state index contributed by atoms with van der Waals surface area (Å²) in [6, 6.07) is -0.195. The van der Waals surface area contributed by atoms with E-state index in [2.05, 4.69) is 10.3 Å². The molecule has 2 aliphatic rings. The first-order valence-corrected chi connectivity index (χ1v) is 6.45. The van der Waals surface area contributed by atoms with Gasteiger partial charge in [-0.15, -0.1) is 5.10 Å². The molecule has 0 unspecified atom stereocenters. The number of fused-ring (bicyclic) bond motifs is 1.